The molecule has 0 aliphatic rings. The van der Waals surface area contributed by atoms with E-state index in [1.165, 1.54) is 24.4 Å². The first kappa shape index (κ1) is 12.0. The van der Waals surface area contributed by atoms with Crippen molar-refractivity contribution in [2.75, 3.05) is 0 Å². The molecule has 0 bridgehead atoms. The fourth-order valence-corrected chi connectivity index (χ4v) is 1.82. The Morgan fingerprint density at radius 1 is 1.11 bits per heavy atom. The van der Waals surface area contributed by atoms with Gasteiger partial charge >= 0.3 is 6.18 Å². The summed E-state index contributed by atoms with van der Waals surface area (Å²) in [6, 6.07) is 7.88. The van der Waals surface area contributed by atoms with Gasteiger partial charge in [-0.15, -0.1) is 0 Å². The fraction of sp³-hybridized carbons (Fsp3) is 0.167. The minimum absolute atomic E-state index is 0.107. The number of halogens is 3. The van der Waals surface area contributed by atoms with Crippen LogP contribution in [0.25, 0.3) is 10.9 Å². The molecule has 18 heavy (non-hydrogen) atoms. The van der Waals surface area contributed by atoms with Gasteiger partial charge < -0.3 is 4.57 Å². The van der Waals surface area contributed by atoms with Gasteiger partial charge in [0.2, 0.25) is 0 Å². The highest BCUT2D eigenvalue weighted by Gasteiger charge is 2.28. The lowest BCUT2D eigenvalue weighted by Gasteiger charge is -2.09. The third kappa shape index (κ3) is 2.01. The molecule has 0 atom stereocenters. The summed E-state index contributed by atoms with van der Waals surface area (Å²) < 4.78 is 38.0. The van der Waals surface area contributed by atoms with Gasteiger partial charge in [0.15, 0.2) is 0 Å². The molecule has 6 heteroatoms. The van der Waals surface area contributed by atoms with Crippen molar-refractivity contribution in [3.63, 3.8) is 0 Å². The molecule has 3 nitrogen and oxygen atoms in total. The summed E-state index contributed by atoms with van der Waals surface area (Å²) in [7, 11) is 0. The molecular formula is C12H6F3N3. The largest absolute Gasteiger partial charge is 0.406 e. The summed E-state index contributed by atoms with van der Waals surface area (Å²) in [6.07, 6.45) is -3.06. The average Bonchev–Trinajstić information content (AvgIpc) is 2.69. The van der Waals surface area contributed by atoms with Crippen LogP contribution in [-0.4, -0.2) is 10.7 Å². The lowest BCUT2D eigenvalue weighted by atomic mass is 10.1. The molecule has 0 fully saturated rings. The normalized spacial score (nSPS) is 11.2. The number of rotatable bonds is 1. The molecule has 0 N–H and O–H groups in total. The minimum atomic E-state index is -4.33. The maximum Gasteiger partial charge on any atom is 0.406 e. The summed E-state index contributed by atoms with van der Waals surface area (Å²) in [6.45, 7) is -1.12. The van der Waals surface area contributed by atoms with Crippen LogP contribution in [0.2, 0.25) is 0 Å². The maximum absolute atomic E-state index is 12.3. The Hall–Kier alpha value is -2.47. The van der Waals surface area contributed by atoms with Crippen LogP contribution in [0, 0.1) is 22.7 Å². The second-order valence-electron chi connectivity index (χ2n) is 3.70. The Balaban J connectivity index is 2.64. The van der Waals surface area contributed by atoms with E-state index in [-0.39, 0.29) is 11.1 Å². The molecule has 0 saturated carbocycles. The van der Waals surface area contributed by atoms with Crippen LogP contribution in [0.5, 0.6) is 0 Å². The van der Waals surface area contributed by atoms with Crippen molar-refractivity contribution in [2.45, 2.75) is 12.7 Å². The lowest BCUT2D eigenvalue weighted by molar-refractivity contribution is -0.139. The standard InChI is InChI=1S/C12H6F3N3/c13-12(14,15)7-18-4-3-9-10(6-17)8(5-16)1-2-11(9)18/h1-4H,7H2. The van der Waals surface area contributed by atoms with Gasteiger partial charge in [0, 0.05) is 17.1 Å². The van der Waals surface area contributed by atoms with Gasteiger partial charge in [-0.2, -0.15) is 23.7 Å². The van der Waals surface area contributed by atoms with Gasteiger partial charge in [0.05, 0.1) is 11.1 Å². The molecule has 90 valence electrons. The number of alkyl halides is 3. The maximum atomic E-state index is 12.3. The number of hydrogen-bond donors (Lipinski definition) is 0. The van der Waals surface area contributed by atoms with E-state index in [9.17, 15) is 13.2 Å². The number of aromatic nitrogens is 1. The molecule has 0 radical (unpaired) electrons. The molecule has 2 aromatic rings. The van der Waals surface area contributed by atoms with E-state index >= 15 is 0 Å². The molecule has 0 aliphatic carbocycles. The first-order chi connectivity index (χ1) is 8.46. The summed E-state index contributed by atoms with van der Waals surface area (Å²) >= 11 is 0. The molecule has 1 aromatic heterocycles. The van der Waals surface area contributed by atoms with Gasteiger partial charge in [-0.1, -0.05) is 0 Å². The molecule has 2 rings (SSSR count). The molecule has 0 aliphatic heterocycles. The van der Waals surface area contributed by atoms with E-state index in [1.807, 2.05) is 12.1 Å². The summed E-state index contributed by atoms with van der Waals surface area (Å²) in [4.78, 5) is 0. The zero-order valence-electron chi connectivity index (χ0n) is 8.99. The van der Waals surface area contributed by atoms with Crippen molar-refractivity contribution < 1.29 is 13.2 Å². The van der Waals surface area contributed by atoms with Crippen molar-refractivity contribution >= 4 is 10.9 Å². The molecule has 1 aromatic carbocycles. The monoisotopic (exact) mass is 249 g/mol. The molecule has 0 saturated heterocycles. The highest BCUT2D eigenvalue weighted by molar-refractivity contribution is 5.88. The van der Waals surface area contributed by atoms with Gasteiger partial charge in [0.25, 0.3) is 0 Å². The number of benzene rings is 1. The van der Waals surface area contributed by atoms with Gasteiger partial charge in [-0.25, -0.2) is 0 Å². The zero-order chi connectivity index (χ0) is 13.3. The Morgan fingerprint density at radius 2 is 1.83 bits per heavy atom. The summed E-state index contributed by atoms with van der Waals surface area (Å²) in [5.74, 6) is 0. The second kappa shape index (κ2) is 4.08. The van der Waals surface area contributed by atoms with Gasteiger partial charge in [0.1, 0.15) is 18.7 Å². The Labute approximate surface area is 100 Å². The van der Waals surface area contributed by atoms with Crippen molar-refractivity contribution in [3.8, 4) is 12.1 Å². The lowest BCUT2D eigenvalue weighted by Crippen LogP contribution is -2.16. The molecule has 0 unspecified atom stereocenters. The quantitative estimate of drug-likeness (QED) is 0.780. The summed E-state index contributed by atoms with van der Waals surface area (Å²) in [5, 5.41) is 18.1. The third-order valence-corrected chi connectivity index (χ3v) is 2.53. The number of nitrogens with zero attached hydrogens (tertiary/aromatic N) is 3. The molecular weight excluding hydrogens is 243 g/mol. The van der Waals surface area contributed by atoms with Crippen LogP contribution < -0.4 is 0 Å². The number of nitriles is 2. The smallest absolute Gasteiger partial charge is 0.338 e. The Morgan fingerprint density at radius 3 is 2.39 bits per heavy atom. The third-order valence-electron chi connectivity index (χ3n) is 2.53. The molecule has 0 amide bonds. The van der Waals surface area contributed by atoms with Crippen molar-refractivity contribution in [1.29, 1.82) is 10.5 Å². The first-order valence-electron chi connectivity index (χ1n) is 4.95. The molecule has 0 spiro atoms. The topological polar surface area (TPSA) is 52.5 Å². The van der Waals surface area contributed by atoms with Crippen molar-refractivity contribution in [2.24, 2.45) is 0 Å². The zero-order valence-corrected chi connectivity index (χ0v) is 8.99. The van der Waals surface area contributed by atoms with Crippen LogP contribution in [0.3, 0.4) is 0 Å². The van der Waals surface area contributed by atoms with E-state index in [1.54, 1.807) is 0 Å². The highest BCUT2D eigenvalue weighted by Crippen LogP contribution is 2.26. The van der Waals surface area contributed by atoms with Gasteiger partial charge in [-0.05, 0) is 18.2 Å². The van der Waals surface area contributed by atoms with E-state index in [4.69, 9.17) is 10.5 Å². The SMILES string of the molecule is N#Cc1ccc2c(ccn2CC(F)(F)F)c1C#N. The van der Waals surface area contributed by atoms with Crippen LogP contribution in [0.4, 0.5) is 13.2 Å². The van der Waals surface area contributed by atoms with Crippen LogP contribution in [0.15, 0.2) is 24.4 Å². The Kier molecular flexibility index (Phi) is 2.72. The van der Waals surface area contributed by atoms with Crippen LogP contribution >= 0.6 is 0 Å². The van der Waals surface area contributed by atoms with E-state index < -0.39 is 12.7 Å². The predicted octanol–water partition coefficient (Wildman–Crippen LogP) is 2.95. The van der Waals surface area contributed by atoms with E-state index in [0.29, 0.717) is 10.9 Å². The summed E-state index contributed by atoms with van der Waals surface area (Å²) in [5.41, 5.74) is 0.563. The Bertz CT molecular complexity index is 683. The highest BCUT2D eigenvalue weighted by atomic mass is 19.4. The van der Waals surface area contributed by atoms with Crippen LogP contribution in [-0.2, 0) is 6.54 Å². The number of fused-ring (bicyclic) bond motifs is 1. The van der Waals surface area contributed by atoms with Crippen molar-refractivity contribution in [3.05, 3.63) is 35.5 Å². The fourth-order valence-electron chi connectivity index (χ4n) is 1.82. The van der Waals surface area contributed by atoms with Gasteiger partial charge in [-0.3, -0.25) is 0 Å². The minimum Gasteiger partial charge on any atom is -0.338 e. The second-order valence-corrected chi connectivity index (χ2v) is 3.70. The molecule has 1 heterocycles. The van der Waals surface area contributed by atoms with E-state index in [0.717, 1.165) is 4.57 Å². The first-order valence-corrected chi connectivity index (χ1v) is 4.95. The van der Waals surface area contributed by atoms with Crippen LogP contribution in [0.1, 0.15) is 11.1 Å². The van der Waals surface area contributed by atoms with E-state index in [2.05, 4.69) is 0 Å². The average molecular weight is 249 g/mol. The predicted molar refractivity (Wildman–Crippen MR) is 57.4 cm³/mol. The van der Waals surface area contributed by atoms with Crippen molar-refractivity contribution in [1.82, 2.24) is 4.57 Å². The number of hydrogen-bond acceptors (Lipinski definition) is 2.